The number of methoxy groups -OCH3 is 1. The Morgan fingerprint density at radius 1 is 1.19 bits per heavy atom. The van der Waals surface area contributed by atoms with Gasteiger partial charge in [-0.25, -0.2) is 18.2 Å². The number of aromatic nitrogens is 2. The summed E-state index contributed by atoms with van der Waals surface area (Å²) in [6, 6.07) is 6.62. The van der Waals surface area contributed by atoms with Crippen LogP contribution in [0.5, 0.6) is 5.75 Å². The molecule has 10 nitrogen and oxygen atoms in total. The molecule has 1 fully saturated rings. The van der Waals surface area contributed by atoms with Crippen molar-refractivity contribution in [3.8, 4) is 5.75 Å². The first kappa shape index (κ1) is 22.0. The summed E-state index contributed by atoms with van der Waals surface area (Å²) in [6.07, 6.45) is 1.91. The lowest BCUT2D eigenvalue weighted by Crippen LogP contribution is -2.38. The molecule has 1 saturated heterocycles. The number of carbonyl (C=O) groups excluding carboxylic acids is 1. The Labute approximate surface area is 185 Å². The van der Waals surface area contributed by atoms with Crippen LogP contribution in [-0.4, -0.2) is 66.4 Å². The summed E-state index contributed by atoms with van der Waals surface area (Å²) in [4.78, 5) is 31.2. The van der Waals surface area contributed by atoms with Crippen LogP contribution >= 0.6 is 0 Å². The molecule has 0 spiro atoms. The fourth-order valence-corrected chi connectivity index (χ4v) is 5.21. The van der Waals surface area contributed by atoms with Crippen LogP contribution in [0.15, 0.2) is 44.7 Å². The van der Waals surface area contributed by atoms with E-state index in [4.69, 9.17) is 9.15 Å². The number of carbonyl (C=O) groups is 1. The van der Waals surface area contributed by atoms with E-state index in [9.17, 15) is 18.0 Å². The van der Waals surface area contributed by atoms with Crippen molar-refractivity contribution in [3.63, 3.8) is 0 Å². The number of amides is 1. The molecule has 0 saturated carbocycles. The van der Waals surface area contributed by atoms with Gasteiger partial charge in [-0.3, -0.25) is 4.79 Å². The molecule has 11 heteroatoms. The van der Waals surface area contributed by atoms with Gasteiger partial charge in [0.15, 0.2) is 16.4 Å². The van der Waals surface area contributed by atoms with Crippen molar-refractivity contribution in [1.29, 1.82) is 0 Å². The molecular weight excluding hydrogens is 436 g/mol. The van der Waals surface area contributed by atoms with E-state index in [2.05, 4.69) is 4.98 Å². The van der Waals surface area contributed by atoms with E-state index in [1.807, 2.05) is 0 Å². The van der Waals surface area contributed by atoms with Crippen LogP contribution in [0, 0.1) is 6.92 Å². The van der Waals surface area contributed by atoms with E-state index >= 15 is 0 Å². The van der Waals surface area contributed by atoms with Gasteiger partial charge in [0.2, 0.25) is 0 Å². The molecule has 1 aliphatic heterocycles. The van der Waals surface area contributed by atoms with Crippen molar-refractivity contribution in [2.45, 2.75) is 18.4 Å². The molecule has 0 radical (unpaired) electrons. The van der Waals surface area contributed by atoms with Crippen molar-refractivity contribution in [3.05, 3.63) is 52.3 Å². The molecular formula is C21H24N4O6S. The Morgan fingerprint density at radius 3 is 2.66 bits per heavy atom. The lowest BCUT2D eigenvalue weighted by Gasteiger charge is -2.21. The van der Waals surface area contributed by atoms with Gasteiger partial charge >= 0.3 is 5.63 Å². The maximum Gasteiger partial charge on any atom is 0.349 e. The van der Waals surface area contributed by atoms with Crippen molar-refractivity contribution >= 4 is 26.9 Å². The Hall–Kier alpha value is -3.18. The van der Waals surface area contributed by atoms with E-state index in [0.29, 0.717) is 29.9 Å². The van der Waals surface area contributed by atoms with Gasteiger partial charge in [-0.05, 0) is 25.5 Å². The van der Waals surface area contributed by atoms with E-state index in [1.165, 1.54) is 28.6 Å². The zero-order chi connectivity index (χ0) is 23.0. The first-order chi connectivity index (χ1) is 15.2. The maximum absolute atomic E-state index is 13.1. The number of fused-ring (bicyclic) bond motifs is 1. The lowest BCUT2D eigenvalue weighted by molar-refractivity contribution is 0.0760. The van der Waals surface area contributed by atoms with Gasteiger partial charge in [0.05, 0.1) is 7.11 Å². The van der Waals surface area contributed by atoms with Crippen molar-refractivity contribution in [2.24, 2.45) is 7.05 Å². The number of para-hydroxylation sites is 1. The topological polar surface area (TPSA) is 115 Å². The summed E-state index contributed by atoms with van der Waals surface area (Å²) >= 11 is 0. The summed E-state index contributed by atoms with van der Waals surface area (Å²) in [6.45, 7) is 2.56. The first-order valence-electron chi connectivity index (χ1n) is 10.1. The van der Waals surface area contributed by atoms with E-state index in [1.54, 1.807) is 36.7 Å². The number of nitrogens with zero attached hydrogens (tertiary/aromatic N) is 4. The highest BCUT2D eigenvalue weighted by atomic mass is 32.2. The summed E-state index contributed by atoms with van der Waals surface area (Å²) in [7, 11) is -0.576. The van der Waals surface area contributed by atoms with E-state index in [-0.39, 0.29) is 35.8 Å². The van der Waals surface area contributed by atoms with Crippen LogP contribution in [-0.2, 0) is 17.1 Å². The Balaban J connectivity index is 1.56. The van der Waals surface area contributed by atoms with Crippen LogP contribution in [0.2, 0.25) is 0 Å². The monoisotopic (exact) mass is 460 g/mol. The van der Waals surface area contributed by atoms with Gasteiger partial charge in [-0.15, -0.1) is 0 Å². The molecule has 3 heterocycles. The molecule has 4 rings (SSSR count). The van der Waals surface area contributed by atoms with Crippen LogP contribution in [0.3, 0.4) is 0 Å². The number of benzene rings is 1. The molecule has 0 aliphatic carbocycles. The third kappa shape index (κ3) is 3.89. The molecule has 1 aliphatic rings. The molecule has 0 atom stereocenters. The second kappa shape index (κ2) is 8.40. The molecule has 2 aromatic heterocycles. The average molecular weight is 461 g/mol. The van der Waals surface area contributed by atoms with Gasteiger partial charge in [0.1, 0.15) is 11.4 Å². The zero-order valence-corrected chi connectivity index (χ0v) is 18.9. The normalized spacial score (nSPS) is 15.7. The van der Waals surface area contributed by atoms with Gasteiger partial charge in [-0.2, -0.15) is 4.31 Å². The Kier molecular flexibility index (Phi) is 5.78. The lowest BCUT2D eigenvalue weighted by atomic mass is 10.1. The van der Waals surface area contributed by atoms with Gasteiger partial charge in [-0.1, -0.05) is 12.1 Å². The molecule has 3 aromatic rings. The highest BCUT2D eigenvalue weighted by Gasteiger charge is 2.31. The highest BCUT2D eigenvalue weighted by Crippen LogP contribution is 2.25. The van der Waals surface area contributed by atoms with Gasteiger partial charge < -0.3 is 18.6 Å². The standard InChI is InChI=1S/C21H24N4O6S/c1-14-22-18(13-23(14)2)32(28,29)25-9-5-8-24(10-11-25)20(26)16-12-15-6-4-7-17(30-3)19(15)31-21(16)27/h4,6-7,12-13H,5,8-11H2,1-3H3. The second-order valence-corrected chi connectivity index (χ2v) is 9.50. The number of hydrogen-bond donors (Lipinski definition) is 0. The summed E-state index contributed by atoms with van der Waals surface area (Å²) < 4.78 is 39.5. The predicted octanol–water partition coefficient (Wildman–Crippen LogP) is 1.38. The molecule has 32 heavy (non-hydrogen) atoms. The molecule has 1 amide bonds. The second-order valence-electron chi connectivity index (χ2n) is 7.61. The summed E-state index contributed by atoms with van der Waals surface area (Å²) in [5, 5.41) is 0.554. The fourth-order valence-electron chi connectivity index (χ4n) is 3.72. The minimum atomic E-state index is -3.78. The van der Waals surface area contributed by atoms with Gasteiger partial charge in [0.25, 0.3) is 15.9 Å². The van der Waals surface area contributed by atoms with Crippen LogP contribution in [0.1, 0.15) is 22.6 Å². The van der Waals surface area contributed by atoms with Crippen molar-refractivity contribution < 1.29 is 22.4 Å². The van der Waals surface area contributed by atoms with E-state index < -0.39 is 21.6 Å². The van der Waals surface area contributed by atoms with Crippen LogP contribution in [0.25, 0.3) is 11.0 Å². The predicted molar refractivity (Wildman–Crippen MR) is 116 cm³/mol. The third-order valence-electron chi connectivity index (χ3n) is 5.61. The number of rotatable bonds is 4. The average Bonchev–Trinajstić information content (AvgIpc) is 2.97. The van der Waals surface area contributed by atoms with E-state index in [0.717, 1.165) is 0 Å². The molecule has 0 N–H and O–H groups in total. The summed E-state index contributed by atoms with van der Waals surface area (Å²) in [5.74, 6) is 0.505. The summed E-state index contributed by atoms with van der Waals surface area (Å²) in [5.41, 5.74) is -0.581. The molecule has 170 valence electrons. The fraction of sp³-hybridized carbons (Fsp3) is 0.381. The highest BCUT2D eigenvalue weighted by molar-refractivity contribution is 7.89. The largest absolute Gasteiger partial charge is 0.493 e. The molecule has 1 aromatic carbocycles. The van der Waals surface area contributed by atoms with Crippen LogP contribution < -0.4 is 10.4 Å². The van der Waals surface area contributed by atoms with Crippen molar-refractivity contribution in [2.75, 3.05) is 33.3 Å². The number of hydrogen-bond acceptors (Lipinski definition) is 7. The number of ether oxygens (including phenoxy) is 1. The van der Waals surface area contributed by atoms with Gasteiger partial charge in [0, 0.05) is 44.8 Å². The molecule has 0 unspecified atom stereocenters. The van der Waals surface area contributed by atoms with Crippen LogP contribution in [0.4, 0.5) is 0 Å². The number of aryl methyl sites for hydroxylation is 2. The zero-order valence-electron chi connectivity index (χ0n) is 18.1. The Morgan fingerprint density at radius 2 is 1.97 bits per heavy atom. The third-order valence-corrected chi connectivity index (χ3v) is 7.38. The SMILES string of the molecule is COc1cccc2cc(C(=O)N3CCCN(S(=O)(=O)c4cn(C)c(C)n4)CC3)c(=O)oc12. The minimum absolute atomic E-state index is 0.0126. The molecule has 0 bridgehead atoms. The minimum Gasteiger partial charge on any atom is -0.493 e. The number of imidazole rings is 1. The quantitative estimate of drug-likeness (QED) is 0.540. The maximum atomic E-state index is 13.1. The number of sulfonamides is 1. The first-order valence-corrected chi connectivity index (χ1v) is 11.6. The smallest absolute Gasteiger partial charge is 0.349 e. The Bertz CT molecular complexity index is 1320. The van der Waals surface area contributed by atoms with Crippen molar-refractivity contribution in [1.82, 2.24) is 18.8 Å².